The third-order valence-electron chi connectivity index (χ3n) is 4.26. The van der Waals surface area contributed by atoms with Crippen molar-refractivity contribution in [1.82, 2.24) is 4.98 Å². The van der Waals surface area contributed by atoms with Crippen molar-refractivity contribution in [2.45, 2.75) is 43.4 Å². The number of anilines is 2. The van der Waals surface area contributed by atoms with Crippen LogP contribution in [0, 0.1) is 0 Å². The molecule has 0 atom stereocenters. The number of carbonyl (C=O) groups excluding carboxylic acids is 1. The number of carbonyl (C=O) groups is 1. The number of benzene rings is 1. The minimum atomic E-state index is -0.0368. The zero-order chi connectivity index (χ0) is 18.7. The highest BCUT2D eigenvalue weighted by atomic mass is 35.5. The van der Waals surface area contributed by atoms with Gasteiger partial charge in [-0.3, -0.25) is 4.79 Å². The van der Waals surface area contributed by atoms with Crippen LogP contribution in [-0.4, -0.2) is 29.7 Å². The first kappa shape index (κ1) is 19.5. The van der Waals surface area contributed by atoms with Crippen LogP contribution in [0.1, 0.15) is 39.3 Å². The summed E-state index contributed by atoms with van der Waals surface area (Å²) in [5.41, 5.74) is 2.94. The van der Waals surface area contributed by atoms with Crippen molar-refractivity contribution in [3.63, 3.8) is 0 Å². The first-order chi connectivity index (χ1) is 12.3. The van der Waals surface area contributed by atoms with Gasteiger partial charge in [-0.1, -0.05) is 44.1 Å². The average molecular weight is 410 g/mol. The van der Waals surface area contributed by atoms with E-state index in [1.54, 1.807) is 11.3 Å². The van der Waals surface area contributed by atoms with Crippen LogP contribution in [0.4, 0.5) is 11.4 Å². The van der Waals surface area contributed by atoms with Crippen LogP contribution in [0.15, 0.2) is 27.9 Å². The summed E-state index contributed by atoms with van der Waals surface area (Å²) in [6, 6.07) is 5.70. The fourth-order valence-corrected chi connectivity index (χ4v) is 4.85. The molecular formula is C19H24ClN3OS2. The molecule has 0 spiro atoms. The number of thiazole rings is 1. The van der Waals surface area contributed by atoms with Crippen LogP contribution >= 0.6 is 34.7 Å². The maximum Gasteiger partial charge on any atom is 0.234 e. The summed E-state index contributed by atoms with van der Waals surface area (Å²) in [5.74, 6) is 0.300. The quantitative estimate of drug-likeness (QED) is 0.669. The van der Waals surface area contributed by atoms with Crippen LogP contribution in [0.3, 0.4) is 0 Å². The zero-order valence-electron chi connectivity index (χ0n) is 15.3. The summed E-state index contributed by atoms with van der Waals surface area (Å²) in [5, 5.41) is 5.73. The third-order valence-corrected chi connectivity index (χ3v) is 6.51. The summed E-state index contributed by atoms with van der Waals surface area (Å²) >= 11 is 9.21. The molecule has 0 bridgehead atoms. The fraction of sp³-hybridized carbons (Fsp3) is 0.474. The number of nitrogens with one attached hydrogen (secondary N) is 1. The Balaban J connectivity index is 1.63. The van der Waals surface area contributed by atoms with Gasteiger partial charge in [0.25, 0.3) is 0 Å². The van der Waals surface area contributed by atoms with Crippen LogP contribution in [0.5, 0.6) is 0 Å². The normalized spacial score (nSPS) is 14.7. The first-order valence-electron chi connectivity index (χ1n) is 8.76. The second kappa shape index (κ2) is 8.19. The second-order valence-electron chi connectivity index (χ2n) is 7.44. The van der Waals surface area contributed by atoms with Gasteiger partial charge in [0.1, 0.15) is 0 Å². The van der Waals surface area contributed by atoms with Gasteiger partial charge in [0.15, 0.2) is 4.34 Å². The Kier molecular flexibility index (Phi) is 6.15. The molecule has 2 aromatic rings. The molecular weight excluding hydrogens is 386 g/mol. The molecule has 7 heteroatoms. The van der Waals surface area contributed by atoms with E-state index in [0.717, 1.165) is 34.5 Å². The number of nitrogens with zero attached hydrogens (tertiary/aromatic N) is 2. The van der Waals surface area contributed by atoms with Crippen molar-refractivity contribution in [3.05, 3.63) is 34.3 Å². The lowest BCUT2D eigenvalue weighted by Gasteiger charge is -2.21. The minimum absolute atomic E-state index is 0.0307. The summed E-state index contributed by atoms with van der Waals surface area (Å²) in [4.78, 5) is 19.4. The van der Waals surface area contributed by atoms with Gasteiger partial charge in [-0.25, -0.2) is 4.98 Å². The Morgan fingerprint density at radius 3 is 2.73 bits per heavy atom. The second-order valence-corrected chi connectivity index (χ2v) is 9.96. The Labute approximate surface area is 168 Å². The van der Waals surface area contributed by atoms with Crippen LogP contribution in [0.25, 0.3) is 0 Å². The average Bonchev–Trinajstić information content (AvgIpc) is 3.24. The minimum Gasteiger partial charge on any atom is -0.370 e. The van der Waals surface area contributed by atoms with E-state index >= 15 is 0 Å². The van der Waals surface area contributed by atoms with E-state index in [-0.39, 0.29) is 11.3 Å². The molecule has 1 N–H and O–H groups in total. The predicted octanol–water partition coefficient (Wildman–Crippen LogP) is 5.43. The van der Waals surface area contributed by atoms with Crippen LogP contribution in [0.2, 0.25) is 5.02 Å². The summed E-state index contributed by atoms with van der Waals surface area (Å²) in [6.07, 6.45) is 2.37. The van der Waals surface area contributed by atoms with E-state index < -0.39 is 0 Å². The number of amides is 1. The van der Waals surface area contributed by atoms with Gasteiger partial charge >= 0.3 is 0 Å². The van der Waals surface area contributed by atoms with E-state index in [1.165, 1.54) is 24.6 Å². The molecule has 1 saturated heterocycles. The van der Waals surface area contributed by atoms with Crippen molar-refractivity contribution in [3.8, 4) is 0 Å². The molecule has 1 aliphatic rings. The molecule has 3 rings (SSSR count). The standard InChI is InChI=1S/C19H24ClN3OS2/c1-19(2,3)16-11-25-18(22-16)26-12-17(24)21-14-10-13(20)6-7-15(14)23-8-4-5-9-23/h6-7,10-11H,4-5,8-9,12H2,1-3H3,(H,21,24). The summed E-state index contributed by atoms with van der Waals surface area (Å²) in [6.45, 7) is 8.47. The lowest BCUT2D eigenvalue weighted by atomic mass is 9.93. The molecule has 4 nitrogen and oxygen atoms in total. The van der Waals surface area contributed by atoms with Gasteiger partial charge in [-0.15, -0.1) is 11.3 Å². The van der Waals surface area contributed by atoms with Gasteiger partial charge in [0, 0.05) is 28.9 Å². The first-order valence-corrected chi connectivity index (χ1v) is 11.0. The number of halogens is 1. The van der Waals surface area contributed by atoms with E-state index in [1.807, 2.05) is 18.2 Å². The molecule has 140 valence electrons. The molecule has 0 radical (unpaired) electrons. The number of hydrogen-bond acceptors (Lipinski definition) is 5. The highest BCUT2D eigenvalue weighted by molar-refractivity contribution is 8.01. The topological polar surface area (TPSA) is 45.2 Å². The summed E-state index contributed by atoms with van der Waals surface area (Å²) < 4.78 is 0.927. The predicted molar refractivity (Wildman–Crippen MR) is 113 cm³/mol. The van der Waals surface area contributed by atoms with Crippen molar-refractivity contribution >= 4 is 52.0 Å². The molecule has 0 saturated carbocycles. The maximum atomic E-state index is 12.5. The molecule has 1 fully saturated rings. The lowest BCUT2D eigenvalue weighted by molar-refractivity contribution is -0.113. The zero-order valence-corrected chi connectivity index (χ0v) is 17.7. The maximum absolute atomic E-state index is 12.5. The van der Waals surface area contributed by atoms with Crippen LogP contribution < -0.4 is 10.2 Å². The smallest absolute Gasteiger partial charge is 0.234 e. The molecule has 1 aromatic carbocycles. The Morgan fingerprint density at radius 2 is 2.08 bits per heavy atom. The van der Waals surface area contributed by atoms with E-state index in [0.29, 0.717) is 10.8 Å². The van der Waals surface area contributed by atoms with Crippen molar-refractivity contribution in [2.24, 2.45) is 0 Å². The van der Waals surface area contributed by atoms with Gasteiger partial charge in [-0.2, -0.15) is 0 Å². The van der Waals surface area contributed by atoms with Crippen LogP contribution in [-0.2, 0) is 10.2 Å². The number of aromatic nitrogens is 1. The van der Waals surface area contributed by atoms with Gasteiger partial charge in [0.2, 0.25) is 5.91 Å². The Morgan fingerprint density at radius 1 is 1.35 bits per heavy atom. The lowest BCUT2D eigenvalue weighted by Crippen LogP contribution is -2.21. The van der Waals surface area contributed by atoms with Crippen molar-refractivity contribution in [2.75, 3.05) is 29.1 Å². The molecule has 1 aromatic heterocycles. The number of thioether (sulfide) groups is 1. The van der Waals surface area contributed by atoms with E-state index in [2.05, 4.69) is 41.4 Å². The summed E-state index contributed by atoms with van der Waals surface area (Å²) in [7, 11) is 0. The van der Waals surface area contributed by atoms with Crippen molar-refractivity contribution in [1.29, 1.82) is 0 Å². The van der Waals surface area contributed by atoms with E-state index in [9.17, 15) is 4.79 Å². The highest BCUT2D eigenvalue weighted by Gasteiger charge is 2.19. The van der Waals surface area contributed by atoms with Gasteiger partial charge in [-0.05, 0) is 31.0 Å². The molecule has 26 heavy (non-hydrogen) atoms. The van der Waals surface area contributed by atoms with Gasteiger partial charge in [0.05, 0.1) is 22.8 Å². The SMILES string of the molecule is CC(C)(C)c1csc(SCC(=O)Nc2cc(Cl)ccc2N2CCCC2)n1. The number of rotatable bonds is 5. The Hall–Kier alpha value is -1.24. The largest absolute Gasteiger partial charge is 0.370 e. The fourth-order valence-electron chi connectivity index (χ4n) is 2.82. The highest BCUT2D eigenvalue weighted by Crippen LogP contribution is 2.32. The Bertz CT molecular complexity index is 779. The monoisotopic (exact) mass is 409 g/mol. The third kappa shape index (κ3) is 4.93. The molecule has 1 amide bonds. The molecule has 2 heterocycles. The molecule has 1 aliphatic heterocycles. The van der Waals surface area contributed by atoms with Crippen molar-refractivity contribution < 1.29 is 4.79 Å². The number of hydrogen-bond donors (Lipinski definition) is 1. The van der Waals surface area contributed by atoms with Gasteiger partial charge < -0.3 is 10.2 Å². The van der Waals surface area contributed by atoms with E-state index in [4.69, 9.17) is 11.6 Å². The molecule has 0 aliphatic carbocycles. The molecule has 0 unspecified atom stereocenters.